The van der Waals surface area contributed by atoms with Gasteiger partial charge in [0.15, 0.2) is 0 Å². The molecule has 0 spiro atoms. The smallest absolute Gasteiger partial charge is 0.318 e. The number of carbonyl (C=O) groups excluding carboxylic acids is 3. The molecule has 23 heavy (non-hydrogen) atoms. The van der Waals surface area contributed by atoms with Crippen LogP contribution >= 0.6 is 0 Å². The molecule has 0 aliphatic carbocycles. The van der Waals surface area contributed by atoms with Gasteiger partial charge in [0, 0.05) is 5.69 Å². The number of anilines is 1. The molecule has 0 bridgehead atoms. The SMILES string of the molecule is CC[C@H](C)[C@H]1C(=O)Nc2ccccc2CN1C(=O)NCC(N)=O. The number of primary amides is 1. The molecule has 2 rings (SSSR count). The number of fused-ring (bicyclic) bond motifs is 1. The maximum atomic E-state index is 12.6. The third-order valence-electron chi connectivity index (χ3n) is 4.08. The Hall–Kier alpha value is -2.57. The van der Waals surface area contributed by atoms with Crippen molar-refractivity contribution in [1.29, 1.82) is 0 Å². The first kappa shape index (κ1) is 16.8. The molecule has 4 N–H and O–H groups in total. The normalized spacial score (nSPS) is 18.4. The molecule has 0 saturated carbocycles. The minimum absolute atomic E-state index is 0.0244. The first-order chi connectivity index (χ1) is 10.9. The number of nitrogens with zero attached hydrogens (tertiary/aromatic N) is 1. The number of para-hydroxylation sites is 1. The number of hydrogen-bond donors (Lipinski definition) is 3. The van der Waals surface area contributed by atoms with E-state index in [-0.39, 0.29) is 24.9 Å². The van der Waals surface area contributed by atoms with Crippen LogP contribution in [-0.4, -0.2) is 35.3 Å². The minimum atomic E-state index is -0.627. The molecule has 1 heterocycles. The van der Waals surface area contributed by atoms with Gasteiger partial charge in [-0.1, -0.05) is 38.5 Å². The second-order valence-corrected chi connectivity index (χ2v) is 5.73. The van der Waals surface area contributed by atoms with Gasteiger partial charge in [-0.2, -0.15) is 0 Å². The average molecular weight is 318 g/mol. The fraction of sp³-hybridized carbons (Fsp3) is 0.438. The van der Waals surface area contributed by atoms with Gasteiger partial charge in [0.1, 0.15) is 6.04 Å². The lowest BCUT2D eigenvalue weighted by Gasteiger charge is -2.32. The Labute approximate surface area is 135 Å². The monoisotopic (exact) mass is 318 g/mol. The highest BCUT2D eigenvalue weighted by atomic mass is 16.2. The van der Waals surface area contributed by atoms with Crippen LogP contribution in [0.3, 0.4) is 0 Å². The summed E-state index contributed by atoms with van der Waals surface area (Å²) >= 11 is 0. The van der Waals surface area contributed by atoms with Crippen LogP contribution in [0.1, 0.15) is 25.8 Å². The Balaban J connectivity index is 2.33. The average Bonchev–Trinajstić information content (AvgIpc) is 2.67. The maximum absolute atomic E-state index is 12.6. The molecular formula is C16H22N4O3. The summed E-state index contributed by atoms with van der Waals surface area (Å²) in [6.45, 7) is 3.92. The van der Waals surface area contributed by atoms with Crippen LogP contribution in [0.2, 0.25) is 0 Å². The molecule has 2 atom stereocenters. The molecule has 1 aromatic carbocycles. The fourth-order valence-electron chi connectivity index (χ4n) is 2.66. The highest BCUT2D eigenvalue weighted by molar-refractivity contribution is 5.99. The zero-order valence-electron chi connectivity index (χ0n) is 13.3. The van der Waals surface area contributed by atoms with Crippen molar-refractivity contribution in [2.24, 2.45) is 11.7 Å². The van der Waals surface area contributed by atoms with Crippen LogP contribution < -0.4 is 16.4 Å². The Morgan fingerprint density at radius 2 is 2.13 bits per heavy atom. The Morgan fingerprint density at radius 3 is 2.78 bits per heavy atom. The van der Waals surface area contributed by atoms with Crippen molar-refractivity contribution in [2.45, 2.75) is 32.9 Å². The summed E-state index contributed by atoms with van der Waals surface area (Å²) in [4.78, 5) is 37.4. The molecule has 0 saturated heterocycles. The minimum Gasteiger partial charge on any atom is -0.368 e. The molecule has 1 aliphatic rings. The van der Waals surface area contributed by atoms with Crippen molar-refractivity contribution >= 4 is 23.5 Å². The lowest BCUT2D eigenvalue weighted by atomic mass is 9.97. The molecule has 0 unspecified atom stereocenters. The van der Waals surface area contributed by atoms with Gasteiger partial charge in [0.05, 0.1) is 13.1 Å². The lowest BCUT2D eigenvalue weighted by Crippen LogP contribution is -2.53. The van der Waals surface area contributed by atoms with E-state index in [4.69, 9.17) is 5.73 Å². The van der Waals surface area contributed by atoms with Gasteiger partial charge in [-0.05, 0) is 17.5 Å². The van der Waals surface area contributed by atoms with Gasteiger partial charge in [0.25, 0.3) is 0 Å². The number of nitrogens with two attached hydrogens (primary N) is 1. The van der Waals surface area contributed by atoms with Crippen LogP contribution in [-0.2, 0) is 16.1 Å². The van der Waals surface area contributed by atoms with Crippen LogP contribution in [0.4, 0.5) is 10.5 Å². The zero-order chi connectivity index (χ0) is 17.0. The summed E-state index contributed by atoms with van der Waals surface area (Å²) in [6.07, 6.45) is 0.744. The van der Waals surface area contributed by atoms with Crippen molar-refractivity contribution < 1.29 is 14.4 Å². The summed E-state index contributed by atoms with van der Waals surface area (Å²) in [7, 11) is 0. The van der Waals surface area contributed by atoms with Crippen molar-refractivity contribution in [2.75, 3.05) is 11.9 Å². The summed E-state index contributed by atoms with van der Waals surface area (Å²) in [5, 5.41) is 5.36. The van der Waals surface area contributed by atoms with Crippen LogP contribution in [0, 0.1) is 5.92 Å². The summed E-state index contributed by atoms with van der Waals surface area (Å²) in [6, 6.07) is 6.28. The summed E-state index contributed by atoms with van der Waals surface area (Å²) in [5.74, 6) is -0.875. The zero-order valence-corrected chi connectivity index (χ0v) is 13.3. The molecular weight excluding hydrogens is 296 g/mol. The van der Waals surface area contributed by atoms with E-state index in [1.165, 1.54) is 4.90 Å². The topological polar surface area (TPSA) is 105 Å². The van der Waals surface area contributed by atoms with Gasteiger partial charge in [0.2, 0.25) is 11.8 Å². The van der Waals surface area contributed by atoms with Crippen LogP contribution in [0.15, 0.2) is 24.3 Å². The van der Waals surface area contributed by atoms with E-state index in [0.29, 0.717) is 5.69 Å². The van der Waals surface area contributed by atoms with Crippen molar-refractivity contribution in [3.05, 3.63) is 29.8 Å². The second kappa shape index (κ2) is 7.13. The number of hydrogen-bond acceptors (Lipinski definition) is 3. The van der Waals surface area contributed by atoms with Gasteiger partial charge in [-0.15, -0.1) is 0 Å². The van der Waals surface area contributed by atoms with E-state index in [1.807, 2.05) is 38.1 Å². The second-order valence-electron chi connectivity index (χ2n) is 5.73. The Bertz CT molecular complexity index is 617. The van der Waals surface area contributed by atoms with E-state index in [2.05, 4.69) is 10.6 Å². The van der Waals surface area contributed by atoms with E-state index >= 15 is 0 Å². The third-order valence-corrected chi connectivity index (χ3v) is 4.08. The highest BCUT2D eigenvalue weighted by Crippen LogP contribution is 2.27. The third kappa shape index (κ3) is 3.80. The molecule has 4 amide bonds. The van der Waals surface area contributed by atoms with Gasteiger partial charge in [-0.25, -0.2) is 4.79 Å². The van der Waals surface area contributed by atoms with Gasteiger partial charge < -0.3 is 21.3 Å². The summed E-state index contributed by atoms with van der Waals surface area (Å²) in [5.41, 5.74) is 6.63. The largest absolute Gasteiger partial charge is 0.368 e. The molecule has 1 aromatic rings. The lowest BCUT2D eigenvalue weighted by molar-refractivity contribution is -0.121. The van der Waals surface area contributed by atoms with Gasteiger partial charge in [-0.3, -0.25) is 9.59 Å². The molecule has 1 aliphatic heterocycles. The maximum Gasteiger partial charge on any atom is 0.318 e. The van der Waals surface area contributed by atoms with Crippen molar-refractivity contribution in [3.63, 3.8) is 0 Å². The predicted octanol–water partition coefficient (Wildman–Crippen LogP) is 1.05. The first-order valence-electron chi connectivity index (χ1n) is 7.65. The van der Waals surface area contributed by atoms with E-state index < -0.39 is 18.0 Å². The Morgan fingerprint density at radius 1 is 1.43 bits per heavy atom. The molecule has 7 heteroatoms. The van der Waals surface area contributed by atoms with Crippen molar-refractivity contribution in [3.8, 4) is 0 Å². The van der Waals surface area contributed by atoms with E-state index in [1.54, 1.807) is 0 Å². The van der Waals surface area contributed by atoms with E-state index in [0.717, 1.165) is 12.0 Å². The molecule has 124 valence electrons. The quantitative estimate of drug-likeness (QED) is 0.772. The number of rotatable bonds is 4. The Kier molecular flexibility index (Phi) is 5.20. The number of benzene rings is 1. The predicted molar refractivity (Wildman–Crippen MR) is 86.5 cm³/mol. The van der Waals surface area contributed by atoms with Crippen LogP contribution in [0.5, 0.6) is 0 Å². The molecule has 0 fully saturated rings. The number of carbonyl (C=O) groups is 3. The highest BCUT2D eigenvalue weighted by Gasteiger charge is 2.36. The van der Waals surface area contributed by atoms with Crippen molar-refractivity contribution in [1.82, 2.24) is 10.2 Å². The first-order valence-corrected chi connectivity index (χ1v) is 7.65. The summed E-state index contributed by atoms with van der Waals surface area (Å²) < 4.78 is 0. The molecule has 7 nitrogen and oxygen atoms in total. The standard InChI is InChI=1S/C16H22N4O3/c1-3-10(2)14-15(22)19-12-7-5-4-6-11(12)9-20(14)16(23)18-8-13(17)21/h4-7,10,14H,3,8-9H2,1-2H3,(H2,17,21)(H,18,23)(H,19,22)/t10-,14-/m0/s1. The number of urea groups is 1. The number of nitrogens with one attached hydrogen (secondary N) is 2. The van der Waals surface area contributed by atoms with Crippen LogP contribution in [0.25, 0.3) is 0 Å². The number of amides is 4. The molecule has 0 radical (unpaired) electrons. The molecule has 0 aromatic heterocycles. The fourth-order valence-corrected chi connectivity index (χ4v) is 2.66. The van der Waals surface area contributed by atoms with E-state index in [9.17, 15) is 14.4 Å². The van der Waals surface area contributed by atoms with Gasteiger partial charge >= 0.3 is 6.03 Å².